The number of carbonyl (C=O) groups is 1. The molecule has 1 fully saturated rings. The van der Waals surface area contributed by atoms with Gasteiger partial charge in [-0.15, -0.1) is 0 Å². The number of benzene rings is 1. The summed E-state index contributed by atoms with van der Waals surface area (Å²) in [4.78, 5) is 11.2. The summed E-state index contributed by atoms with van der Waals surface area (Å²) in [5.41, 5.74) is 0.724. The maximum absolute atomic E-state index is 11.2. The second-order valence-corrected chi connectivity index (χ2v) is 4.17. The van der Waals surface area contributed by atoms with Crippen molar-refractivity contribution in [3.05, 3.63) is 35.9 Å². The van der Waals surface area contributed by atoms with Gasteiger partial charge in [-0.1, -0.05) is 43.2 Å². The van der Waals surface area contributed by atoms with Crippen LogP contribution in [0.4, 0.5) is 0 Å². The summed E-state index contributed by atoms with van der Waals surface area (Å²) < 4.78 is 5.66. The lowest BCUT2D eigenvalue weighted by Crippen LogP contribution is -2.20. The van der Waals surface area contributed by atoms with E-state index in [9.17, 15) is 4.79 Å². The minimum Gasteiger partial charge on any atom is -0.479 e. The monoisotopic (exact) mass is 220 g/mol. The number of ether oxygens (including phenoxy) is 1. The highest BCUT2D eigenvalue weighted by Crippen LogP contribution is 2.27. The number of carboxylic acid groups (broad SMARTS) is 1. The van der Waals surface area contributed by atoms with Crippen molar-refractivity contribution < 1.29 is 14.6 Å². The molecule has 1 aliphatic rings. The fourth-order valence-electron chi connectivity index (χ4n) is 2.12. The lowest BCUT2D eigenvalue weighted by atomic mass is 10.1. The van der Waals surface area contributed by atoms with Crippen molar-refractivity contribution >= 4 is 5.97 Å². The normalized spacial score (nSPS) is 18.5. The highest BCUT2D eigenvalue weighted by molar-refractivity contribution is 5.74. The molecule has 2 rings (SSSR count). The van der Waals surface area contributed by atoms with Gasteiger partial charge in [0.25, 0.3) is 0 Å². The van der Waals surface area contributed by atoms with E-state index >= 15 is 0 Å². The van der Waals surface area contributed by atoms with E-state index in [1.807, 2.05) is 18.2 Å². The van der Waals surface area contributed by atoms with Crippen LogP contribution in [0, 0.1) is 0 Å². The molecule has 0 aliphatic heterocycles. The minimum atomic E-state index is -0.905. The van der Waals surface area contributed by atoms with E-state index in [2.05, 4.69) is 0 Å². The average Bonchev–Trinajstić information content (AvgIpc) is 2.79. The lowest BCUT2D eigenvalue weighted by molar-refractivity contribution is -0.154. The third kappa shape index (κ3) is 2.61. The van der Waals surface area contributed by atoms with Crippen molar-refractivity contribution in [3.63, 3.8) is 0 Å². The average molecular weight is 220 g/mol. The van der Waals surface area contributed by atoms with Crippen molar-refractivity contribution in [2.75, 3.05) is 0 Å². The standard InChI is InChI=1S/C13H16O3/c14-13(15)12(10-6-2-1-3-7-10)16-11-8-4-5-9-11/h1-3,6-7,11-12H,4-5,8-9H2,(H,14,15). The molecule has 3 nitrogen and oxygen atoms in total. The third-order valence-corrected chi connectivity index (χ3v) is 2.96. The van der Waals surface area contributed by atoms with Crippen molar-refractivity contribution in [1.29, 1.82) is 0 Å². The Balaban J connectivity index is 2.08. The molecule has 0 radical (unpaired) electrons. The molecule has 1 aromatic carbocycles. The van der Waals surface area contributed by atoms with Gasteiger partial charge < -0.3 is 9.84 Å². The van der Waals surface area contributed by atoms with Crippen LogP contribution in [0.2, 0.25) is 0 Å². The molecule has 0 aromatic heterocycles. The summed E-state index contributed by atoms with van der Waals surface area (Å²) in [6.45, 7) is 0. The molecular formula is C13H16O3. The van der Waals surface area contributed by atoms with Gasteiger partial charge in [0.2, 0.25) is 0 Å². The molecule has 86 valence electrons. The first kappa shape index (κ1) is 11.1. The first-order valence-corrected chi connectivity index (χ1v) is 5.70. The van der Waals surface area contributed by atoms with E-state index in [-0.39, 0.29) is 6.10 Å². The predicted octanol–water partition coefficient (Wildman–Crippen LogP) is 2.77. The second-order valence-electron chi connectivity index (χ2n) is 4.17. The number of hydrogen-bond acceptors (Lipinski definition) is 2. The zero-order chi connectivity index (χ0) is 11.4. The van der Waals surface area contributed by atoms with Gasteiger partial charge in [0.05, 0.1) is 6.10 Å². The SMILES string of the molecule is O=C(O)C(OC1CCCC1)c1ccccc1. The van der Waals surface area contributed by atoms with E-state index in [1.54, 1.807) is 12.1 Å². The predicted molar refractivity (Wildman–Crippen MR) is 60.2 cm³/mol. The fourth-order valence-corrected chi connectivity index (χ4v) is 2.12. The smallest absolute Gasteiger partial charge is 0.337 e. The second kappa shape index (κ2) is 5.12. The Morgan fingerprint density at radius 3 is 2.44 bits per heavy atom. The summed E-state index contributed by atoms with van der Waals surface area (Å²) in [6.07, 6.45) is 3.55. The van der Waals surface area contributed by atoms with Gasteiger partial charge in [-0.25, -0.2) is 4.79 Å². The Morgan fingerprint density at radius 2 is 1.88 bits per heavy atom. The molecule has 1 unspecified atom stereocenters. The number of rotatable bonds is 4. The molecule has 16 heavy (non-hydrogen) atoms. The van der Waals surface area contributed by atoms with Gasteiger partial charge in [0.15, 0.2) is 6.10 Å². The molecule has 0 spiro atoms. The minimum absolute atomic E-state index is 0.112. The molecule has 0 heterocycles. The number of aliphatic carboxylic acids is 1. The summed E-state index contributed by atoms with van der Waals surface area (Å²) in [5, 5.41) is 9.16. The first-order valence-electron chi connectivity index (χ1n) is 5.70. The molecule has 0 bridgehead atoms. The van der Waals surface area contributed by atoms with Gasteiger partial charge in [0.1, 0.15) is 0 Å². The lowest BCUT2D eigenvalue weighted by Gasteiger charge is -2.18. The topological polar surface area (TPSA) is 46.5 Å². The van der Waals surface area contributed by atoms with Crippen LogP contribution in [0.1, 0.15) is 37.4 Å². The van der Waals surface area contributed by atoms with E-state index in [0.717, 1.165) is 31.2 Å². The zero-order valence-corrected chi connectivity index (χ0v) is 9.13. The van der Waals surface area contributed by atoms with Gasteiger partial charge in [-0.2, -0.15) is 0 Å². The van der Waals surface area contributed by atoms with Crippen LogP contribution >= 0.6 is 0 Å². The Hall–Kier alpha value is -1.35. The molecular weight excluding hydrogens is 204 g/mol. The van der Waals surface area contributed by atoms with Gasteiger partial charge in [0, 0.05) is 0 Å². The Kier molecular flexibility index (Phi) is 3.57. The fraction of sp³-hybridized carbons (Fsp3) is 0.462. The molecule has 1 saturated carbocycles. The molecule has 1 atom stereocenters. The summed E-state index contributed by atoms with van der Waals surface area (Å²) in [5.74, 6) is -0.905. The maximum atomic E-state index is 11.2. The van der Waals surface area contributed by atoms with E-state index < -0.39 is 12.1 Å². The van der Waals surface area contributed by atoms with Crippen LogP contribution in [0.15, 0.2) is 30.3 Å². The van der Waals surface area contributed by atoms with Crippen LogP contribution in [0.25, 0.3) is 0 Å². The van der Waals surface area contributed by atoms with Crippen LogP contribution in [0.3, 0.4) is 0 Å². The summed E-state index contributed by atoms with van der Waals surface area (Å²) in [6, 6.07) is 9.14. The number of hydrogen-bond donors (Lipinski definition) is 1. The number of carboxylic acids is 1. The largest absolute Gasteiger partial charge is 0.479 e. The molecule has 1 aliphatic carbocycles. The van der Waals surface area contributed by atoms with Gasteiger partial charge in [-0.05, 0) is 18.4 Å². The van der Waals surface area contributed by atoms with E-state index in [4.69, 9.17) is 9.84 Å². The molecule has 1 N–H and O–H groups in total. The van der Waals surface area contributed by atoms with Crippen molar-refractivity contribution in [2.45, 2.75) is 37.9 Å². The van der Waals surface area contributed by atoms with E-state index in [0.29, 0.717) is 0 Å². The third-order valence-electron chi connectivity index (χ3n) is 2.96. The van der Waals surface area contributed by atoms with Crippen LogP contribution in [-0.2, 0) is 9.53 Å². The van der Waals surface area contributed by atoms with Crippen LogP contribution in [-0.4, -0.2) is 17.2 Å². The first-order chi connectivity index (χ1) is 7.77. The van der Waals surface area contributed by atoms with Crippen LogP contribution in [0.5, 0.6) is 0 Å². The van der Waals surface area contributed by atoms with Crippen molar-refractivity contribution in [2.24, 2.45) is 0 Å². The van der Waals surface area contributed by atoms with E-state index in [1.165, 1.54) is 0 Å². The van der Waals surface area contributed by atoms with Crippen LogP contribution < -0.4 is 0 Å². The zero-order valence-electron chi connectivity index (χ0n) is 9.13. The van der Waals surface area contributed by atoms with Crippen molar-refractivity contribution in [1.82, 2.24) is 0 Å². The molecule has 3 heteroatoms. The Bertz CT molecular complexity index is 341. The highest BCUT2D eigenvalue weighted by Gasteiger charge is 2.26. The Morgan fingerprint density at radius 1 is 1.25 bits per heavy atom. The van der Waals surface area contributed by atoms with Crippen molar-refractivity contribution in [3.8, 4) is 0 Å². The summed E-state index contributed by atoms with van der Waals surface area (Å²) in [7, 11) is 0. The Labute approximate surface area is 95.0 Å². The molecule has 1 aromatic rings. The van der Waals surface area contributed by atoms with Gasteiger partial charge in [-0.3, -0.25) is 0 Å². The molecule has 0 saturated heterocycles. The quantitative estimate of drug-likeness (QED) is 0.848. The van der Waals surface area contributed by atoms with Gasteiger partial charge >= 0.3 is 5.97 Å². The summed E-state index contributed by atoms with van der Waals surface area (Å²) >= 11 is 0. The molecule has 0 amide bonds. The maximum Gasteiger partial charge on any atom is 0.337 e. The highest BCUT2D eigenvalue weighted by atomic mass is 16.5.